The van der Waals surface area contributed by atoms with Gasteiger partial charge in [-0.25, -0.2) is 0 Å². The van der Waals surface area contributed by atoms with Crippen LogP contribution in [0.2, 0.25) is 0 Å². The molecule has 0 aliphatic rings. The van der Waals surface area contributed by atoms with Gasteiger partial charge in [0.2, 0.25) is 0 Å². The molecule has 76 valence electrons. The summed E-state index contributed by atoms with van der Waals surface area (Å²) in [5.74, 6) is -0.970. The summed E-state index contributed by atoms with van der Waals surface area (Å²) in [6, 6.07) is 6.70. The third kappa shape index (κ3) is 2.74. The molecule has 0 saturated heterocycles. The topological polar surface area (TPSA) is 75.3 Å². The number of carboxylic acids is 1. The van der Waals surface area contributed by atoms with E-state index in [-0.39, 0.29) is 0 Å². The highest BCUT2D eigenvalue weighted by molar-refractivity contribution is 5.73. The maximum absolute atomic E-state index is 10.5. The van der Waals surface area contributed by atoms with Crippen LogP contribution in [0.1, 0.15) is 5.56 Å². The maximum atomic E-state index is 10.5. The Hall–Kier alpha value is -1.55. The first-order valence-corrected chi connectivity index (χ1v) is 4.38. The third-order valence-corrected chi connectivity index (χ3v) is 2.02. The molecule has 0 saturated carbocycles. The fraction of sp³-hybridized carbons (Fsp3) is 0.300. The van der Waals surface area contributed by atoms with E-state index in [9.17, 15) is 4.79 Å². The first-order valence-electron chi connectivity index (χ1n) is 4.38. The van der Waals surface area contributed by atoms with Crippen molar-refractivity contribution in [1.82, 2.24) is 0 Å². The lowest BCUT2D eigenvalue weighted by molar-refractivity contribution is -0.138. The van der Waals surface area contributed by atoms with Gasteiger partial charge in [0.15, 0.2) is 0 Å². The lowest BCUT2D eigenvalue weighted by Gasteiger charge is -2.07. The third-order valence-electron chi connectivity index (χ3n) is 2.02. The van der Waals surface area contributed by atoms with Gasteiger partial charge < -0.3 is 16.2 Å². The summed E-state index contributed by atoms with van der Waals surface area (Å²) in [7, 11) is 1.83. The van der Waals surface area contributed by atoms with Crippen LogP contribution in [0.5, 0.6) is 0 Å². The summed E-state index contributed by atoms with van der Waals surface area (Å²) in [5.41, 5.74) is 7.33. The number of anilines is 1. The van der Waals surface area contributed by atoms with Crippen molar-refractivity contribution in [3.63, 3.8) is 0 Å². The molecule has 0 aromatic heterocycles. The molecule has 0 fully saturated rings. The first kappa shape index (κ1) is 10.5. The van der Waals surface area contributed by atoms with E-state index < -0.39 is 12.0 Å². The van der Waals surface area contributed by atoms with Crippen molar-refractivity contribution in [2.45, 2.75) is 12.5 Å². The molecule has 1 aromatic rings. The van der Waals surface area contributed by atoms with E-state index in [0.29, 0.717) is 6.42 Å². The van der Waals surface area contributed by atoms with E-state index in [4.69, 9.17) is 10.8 Å². The summed E-state index contributed by atoms with van der Waals surface area (Å²) in [5, 5.41) is 11.6. The van der Waals surface area contributed by atoms with Crippen LogP contribution in [-0.4, -0.2) is 24.2 Å². The van der Waals surface area contributed by atoms with Gasteiger partial charge in [-0.15, -0.1) is 0 Å². The number of nitrogens with one attached hydrogen (secondary N) is 1. The molecule has 0 amide bonds. The molecular formula is C10H14N2O2. The van der Waals surface area contributed by atoms with Gasteiger partial charge in [0.25, 0.3) is 0 Å². The SMILES string of the molecule is CNc1ccc(C[C@@H](N)C(=O)O)cc1. The second-order valence-electron chi connectivity index (χ2n) is 3.10. The second-order valence-corrected chi connectivity index (χ2v) is 3.10. The van der Waals surface area contributed by atoms with Gasteiger partial charge in [0.1, 0.15) is 6.04 Å². The van der Waals surface area contributed by atoms with Crippen molar-refractivity contribution in [1.29, 1.82) is 0 Å². The molecular weight excluding hydrogens is 180 g/mol. The predicted molar refractivity (Wildman–Crippen MR) is 55.3 cm³/mol. The predicted octanol–water partition coefficient (Wildman–Crippen LogP) is 0.683. The fourth-order valence-electron chi connectivity index (χ4n) is 1.15. The van der Waals surface area contributed by atoms with Crippen molar-refractivity contribution in [3.05, 3.63) is 29.8 Å². The summed E-state index contributed by atoms with van der Waals surface area (Å²) in [6.45, 7) is 0. The van der Waals surface area contributed by atoms with Crippen molar-refractivity contribution in [2.75, 3.05) is 12.4 Å². The molecule has 0 unspecified atom stereocenters. The smallest absolute Gasteiger partial charge is 0.320 e. The van der Waals surface area contributed by atoms with Gasteiger partial charge in [-0.3, -0.25) is 4.79 Å². The van der Waals surface area contributed by atoms with Crippen LogP contribution in [0.15, 0.2) is 24.3 Å². The number of carboxylic acid groups (broad SMARTS) is 1. The van der Waals surface area contributed by atoms with Gasteiger partial charge in [0, 0.05) is 12.7 Å². The Morgan fingerprint density at radius 1 is 1.50 bits per heavy atom. The van der Waals surface area contributed by atoms with Gasteiger partial charge in [0.05, 0.1) is 0 Å². The molecule has 1 atom stereocenters. The summed E-state index contributed by atoms with van der Waals surface area (Å²) in [6.07, 6.45) is 0.360. The zero-order valence-corrected chi connectivity index (χ0v) is 8.03. The van der Waals surface area contributed by atoms with Crippen LogP contribution >= 0.6 is 0 Å². The standard InChI is InChI=1S/C10H14N2O2/c1-12-8-4-2-7(3-5-8)6-9(11)10(13)14/h2-5,9,12H,6,11H2,1H3,(H,13,14)/t9-/m1/s1. The molecule has 0 aliphatic heterocycles. The van der Waals surface area contributed by atoms with Gasteiger partial charge >= 0.3 is 5.97 Å². The first-order chi connectivity index (χ1) is 6.63. The normalized spacial score (nSPS) is 12.1. The lowest BCUT2D eigenvalue weighted by Crippen LogP contribution is -2.32. The highest BCUT2D eigenvalue weighted by atomic mass is 16.4. The van der Waals surface area contributed by atoms with Gasteiger partial charge in [-0.2, -0.15) is 0 Å². The lowest BCUT2D eigenvalue weighted by atomic mass is 10.1. The highest BCUT2D eigenvalue weighted by Gasteiger charge is 2.11. The van der Waals surface area contributed by atoms with Crippen LogP contribution in [0.4, 0.5) is 5.69 Å². The van der Waals surface area contributed by atoms with Crippen LogP contribution in [0, 0.1) is 0 Å². The Kier molecular flexibility index (Phi) is 3.48. The Bertz CT molecular complexity index is 308. The number of hydrogen-bond acceptors (Lipinski definition) is 3. The number of hydrogen-bond donors (Lipinski definition) is 3. The molecule has 0 heterocycles. The molecule has 0 aliphatic carbocycles. The van der Waals surface area contributed by atoms with E-state index in [0.717, 1.165) is 11.3 Å². The molecule has 1 rings (SSSR count). The highest BCUT2D eigenvalue weighted by Crippen LogP contribution is 2.09. The van der Waals surface area contributed by atoms with Crippen molar-refractivity contribution in [3.8, 4) is 0 Å². The largest absolute Gasteiger partial charge is 0.480 e. The Labute approximate surface area is 82.7 Å². The number of carbonyl (C=O) groups is 1. The van der Waals surface area contributed by atoms with E-state index in [1.165, 1.54) is 0 Å². The summed E-state index contributed by atoms with van der Waals surface area (Å²) >= 11 is 0. The molecule has 0 bridgehead atoms. The number of aliphatic carboxylic acids is 1. The zero-order valence-electron chi connectivity index (χ0n) is 8.03. The van der Waals surface area contributed by atoms with Crippen LogP contribution in [0.3, 0.4) is 0 Å². The monoisotopic (exact) mass is 194 g/mol. The Morgan fingerprint density at radius 2 is 2.07 bits per heavy atom. The summed E-state index contributed by atoms with van der Waals surface area (Å²) < 4.78 is 0. The zero-order chi connectivity index (χ0) is 10.6. The molecule has 4 nitrogen and oxygen atoms in total. The van der Waals surface area contributed by atoms with Crippen molar-refractivity contribution >= 4 is 11.7 Å². The molecule has 4 N–H and O–H groups in total. The van der Waals surface area contributed by atoms with Gasteiger partial charge in [-0.1, -0.05) is 12.1 Å². The Morgan fingerprint density at radius 3 is 2.50 bits per heavy atom. The average molecular weight is 194 g/mol. The van der Waals surface area contributed by atoms with Crippen LogP contribution in [-0.2, 0) is 11.2 Å². The van der Waals surface area contributed by atoms with Crippen molar-refractivity contribution < 1.29 is 9.90 Å². The minimum absolute atomic E-state index is 0.360. The van der Waals surface area contributed by atoms with E-state index in [1.54, 1.807) is 0 Å². The van der Waals surface area contributed by atoms with Gasteiger partial charge in [-0.05, 0) is 24.1 Å². The van der Waals surface area contributed by atoms with E-state index in [1.807, 2.05) is 31.3 Å². The quantitative estimate of drug-likeness (QED) is 0.659. The maximum Gasteiger partial charge on any atom is 0.320 e. The van der Waals surface area contributed by atoms with E-state index >= 15 is 0 Å². The fourth-order valence-corrected chi connectivity index (χ4v) is 1.15. The molecule has 4 heteroatoms. The van der Waals surface area contributed by atoms with E-state index in [2.05, 4.69) is 5.32 Å². The number of nitrogens with two attached hydrogens (primary N) is 1. The molecule has 0 spiro atoms. The number of benzene rings is 1. The Balaban J connectivity index is 2.64. The van der Waals surface area contributed by atoms with Crippen LogP contribution < -0.4 is 11.1 Å². The minimum atomic E-state index is -0.970. The minimum Gasteiger partial charge on any atom is -0.480 e. The number of rotatable bonds is 4. The molecule has 14 heavy (non-hydrogen) atoms. The van der Waals surface area contributed by atoms with Crippen LogP contribution in [0.25, 0.3) is 0 Å². The second kappa shape index (κ2) is 4.62. The molecule has 1 aromatic carbocycles. The summed E-state index contributed by atoms with van der Waals surface area (Å²) in [4.78, 5) is 10.5. The van der Waals surface area contributed by atoms with Crippen molar-refractivity contribution in [2.24, 2.45) is 5.73 Å². The molecule has 0 radical (unpaired) electrons. The average Bonchev–Trinajstić information content (AvgIpc) is 2.19.